The van der Waals surface area contributed by atoms with Crippen LogP contribution in [0.5, 0.6) is 5.75 Å². The van der Waals surface area contributed by atoms with Gasteiger partial charge in [-0.15, -0.1) is 5.10 Å². The zero-order valence-corrected chi connectivity index (χ0v) is 19.9. The number of aliphatic hydroxyl groups excluding tert-OH is 3. The largest absolute Gasteiger partial charge is 0.508 e. The molecule has 3 aromatic rings. The van der Waals surface area contributed by atoms with Crippen molar-refractivity contribution in [3.63, 3.8) is 0 Å². The lowest BCUT2D eigenvalue weighted by atomic mass is 9.96. The number of hydrogen-bond donors (Lipinski definition) is 4. The maximum atomic E-state index is 11.4. The molecule has 4 rings (SSSR count). The zero-order valence-electron chi connectivity index (χ0n) is 19.9. The smallest absolute Gasteiger partial charge is 0.452 e. The predicted molar refractivity (Wildman–Crippen MR) is 124 cm³/mol. The second-order valence-corrected chi connectivity index (χ2v) is 8.35. The summed E-state index contributed by atoms with van der Waals surface area (Å²) in [5.74, 6) is -2.72. The summed E-state index contributed by atoms with van der Waals surface area (Å²) in [6.45, 7) is 3.54. The Morgan fingerprint density at radius 1 is 1.08 bits per heavy atom. The van der Waals surface area contributed by atoms with Crippen molar-refractivity contribution in [1.82, 2.24) is 15.0 Å². The molecule has 12 nitrogen and oxygen atoms in total. The van der Waals surface area contributed by atoms with Crippen molar-refractivity contribution in [1.29, 1.82) is 0 Å². The lowest BCUT2D eigenvalue weighted by Crippen LogP contribution is -2.69. The third kappa shape index (κ3) is 5.13. The fourth-order valence-corrected chi connectivity index (χ4v) is 3.92. The second-order valence-electron chi connectivity index (χ2n) is 8.35. The molecule has 1 aliphatic rings. The van der Waals surface area contributed by atoms with Crippen LogP contribution in [0, 0.1) is 0 Å². The van der Waals surface area contributed by atoms with E-state index in [-0.39, 0.29) is 12.4 Å². The number of rotatable bonds is 8. The first-order valence-corrected chi connectivity index (χ1v) is 11.6. The van der Waals surface area contributed by atoms with Gasteiger partial charge in [0.1, 0.15) is 29.8 Å². The lowest BCUT2D eigenvalue weighted by molar-refractivity contribution is -0.385. The molecule has 0 radical (unpaired) electrons. The summed E-state index contributed by atoms with van der Waals surface area (Å²) in [7, 11) is 0. The van der Waals surface area contributed by atoms with E-state index in [0.29, 0.717) is 17.6 Å². The average molecular weight is 504 g/mol. The first kappa shape index (κ1) is 25.8. The summed E-state index contributed by atoms with van der Waals surface area (Å²) in [4.78, 5) is 11.4. The number of ether oxygens (including phenoxy) is 4. The third-order valence-electron chi connectivity index (χ3n) is 5.95. The maximum Gasteiger partial charge on any atom is 0.508 e. The van der Waals surface area contributed by atoms with Gasteiger partial charge in [0.2, 0.25) is 6.29 Å². The van der Waals surface area contributed by atoms with Gasteiger partial charge in [0.05, 0.1) is 13.2 Å². The van der Waals surface area contributed by atoms with Gasteiger partial charge in [-0.3, -0.25) is 0 Å². The zero-order chi connectivity index (χ0) is 25.9. The number of carbonyl (C=O) groups excluding carboxylic acids is 1. The van der Waals surface area contributed by atoms with Crippen LogP contribution in [-0.2, 0) is 27.2 Å². The SMILES string of the molecule is CCOC(=O)OC[C@H]1O[C@H](O)[C@@](O)(Oc2cccc3nnn(Cc4ccc(CC)cc4)c23)[C@@H](O)[C@@H]1O. The Bertz CT molecular complexity index is 1190. The van der Waals surface area contributed by atoms with E-state index >= 15 is 0 Å². The normalized spacial score (nSPS) is 26.1. The quantitative estimate of drug-likeness (QED) is 0.253. The molecule has 0 aliphatic carbocycles. The number of benzene rings is 2. The standard InChI is InChI=1S/C24H29N3O9/c1-3-14-8-10-15(11-9-14)12-27-19-16(25-26-27)6-5-7-17(19)36-24(32)21(29)20(28)18(35-22(24)30)13-34-23(31)33-4-2/h5-11,18,20-22,28-30,32H,3-4,12-13H2,1-2H3/t18-,20-,21+,22+,24+/m1/s1. The van der Waals surface area contributed by atoms with Gasteiger partial charge >= 0.3 is 6.16 Å². The van der Waals surface area contributed by atoms with Crippen LogP contribution in [-0.4, -0.2) is 85.2 Å². The Labute approximate surface area is 206 Å². The fraction of sp³-hybridized carbons (Fsp3) is 0.458. The molecule has 1 aromatic heterocycles. The van der Waals surface area contributed by atoms with E-state index in [4.69, 9.17) is 14.2 Å². The van der Waals surface area contributed by atoms with Gasteiger partial charge in [-0.05, 0) is 36.6 Å². The molecule has 4 N–H and O–H groups in total. The Morgan fingerprint density at radius 2 is 1.81 bits per heavy atom. The van der Waals surface area contributed by atoms with Crippen molar-refractivity contribution in [2.75, 3.05) is 13.2 Å². The highest BCUT2D eigenvalue weighted by molar-refractivity contribution is 5.81. The van der Waals surface area contributed by atoms with Crippen LogP contribution in [0.3, 0.4) is 0 Å². The lowest BCUT2D eigenvalue weighted by Gasteiger charge is -2.45. The molecule has 0 spiro atoms. The molecule has 0 bridgehead atoms. The highest BCUT2D eigenvalue weighted by Gasteiger charge is 2.57. The van der Waals surface area contributed by atoms with E-state index in [2.05, 4.69) is 22.0 Å². The maximum absolute atomic E-state index is 11.4. The van der Waals surface area contributed by atoms with Gasteiger partial charge in [0.15, 0.2) is 11.9 Å². The molecule has 2 aromatic carbocycles. The molecule has 194 valence electrons. The Balaban J connectivity index is 1.56. The van der Waals surface area contributed by atoms with Crippen molar-refractivity contribution in [2.24, 2.45) is 0 Å². The molecule has 0 unspecified atom stereocenters. The highest BCUT2D eigenvalue weighted by Crippen LogP contribution is 2.35. The Morgan fingerprint density at radius 3 is 2.50 bits per heavy atom. The van der Waals surface area contributed by atoms with Crippen molar-refractivity contribution in [3.8, 4) is 5.75 Å². The molecular weight excluding hydrogens is 474 g/mol. The Hall–Kier alpha value is -3.29. The minimum absolute atomic E-state index is 0.0419. The second kappa shape index (κ2) is 10.8. The molecular formula is C24H29N3O9. The van der Waals surface area contributed by atoms with Crippen LogP contribution in [0.2, 0.25) is 0 Å². The highest BCUT2D eigenvalue weighted by atomic mass is 16.7. The number of aliphatic hydroxyl groups is 4. The van der Waals surface area contributed by atoms with Crippen LogP contribution in [0.1, 0.15) is 25.0 Å². The molecule has 12 heteroatoms. The molecule has 0 amide bonds. The molecule has 1 fully saturated rings. The van der Waals surface area contributed by atoms with Crippen LogP contribution in [0.4, 0.5) is 4.79 Å². The van der Waals surface area contributed by atoms with Crippen LogP contribution >= 0.6 is 0 Å². The number of nitrogens with zero attached hydrogens (tertiary/aromatic N) is 3. The van der Waals surface area contributed by atoms with Gasteiger partial charge in [0, 0.05) is 0 Å². The van der Waals surface area contributed by atoms with Crippen molar-refractivity contribution < 1.29 is 44.2 Å². The molecule has 2 heterocycles. The summed E-state index contributed by atoms with van der Waals surface area (Å²) in [5, 5.41) is 51.0. The predicted octanol–water partition coefficient (Wildman–Crippen LogP) is 0.721. The van der Waals surface area contributed by atoms with E-state index in [9.17, 15) is 25.2 Å². The summed E-state index contributed by atoms with van der Waals surface area (Å²) < 4.78 is 21.9. The number of fused-ring (bicyclic) bond motifs is 1. The molecule has 36 heavy (non-hydrogen) atoms. The number of aryl methyl sites for hydroxylation is 1. The topological polar surface area (TPSA) is 166 Å². The van der Waals surface area contributed by atoms with Crippen molar-refractivity contribution in [3.05, 3.63) is 53.6 Å². The number of hydrogen-bond acceptors (Lipinski definition) is 11. The van der Waals surface area contributed by atoms with Crippen LogP contribution < -0.4 is 4.74 Å². The van der Waals surface area contributed by atoms with Crippen molar-refractivity contribution >= 4 is 17.2 Å². The first-order valence-electron chi connectivity index (χ1n) is 11.6. The summed E-state index contributed by atoms with van der Waals surface area (Å²) >= 11 is 0. The monoisotopic (exact) mass is 503 g/mol. The molecule has 0 saturated carbocycles. The van der Waals surface area contributed by atoms with E-state index in [1.807, 2.05) is 24.3 Å². The van der Waals surface area contributed by atoms with Gasteiger partial charge in [0.25, 0.3) is 5.79 Å². The van der Waals surface area contributed by atoms with E-state index in [1.165, 1.54) is 11.6 Å². The van der Waals surface area contributed by atoms with Crippen molar-refractivity contribution in [2.45, 2.75) is 57.2 Å². The van der Waals surface area contributed by atoms with Crippen LogP contribution in [0.25, 0.3) is 11.0 Å². The van der Waals surface area contributed by atoms with Gasteiger partial charge in [-0.2, -0.15) is 0 Å². The number of carbonyl (C=O) groups is 1. The first-order chi connectivity index (χ1) is 17.3. The number of para-hydroxylation sites is 1. The summed E-state index contributed by atoms with van der Waals surface area (Å²) in [5.41, 5.74) is 2.99. The van der Waals surface area contributed by atoms with Crippen LogP contribution in [0.15, 0.2) is 42.5 Å². The fourth-order valence-electron chi connectivity index (χ4n) is 3.92. The van der Waals surface area contributed by atoms with E-state index in [0.717, 1.165) is 12.0 Å². The summed E-state index contributed by atoms with van der Waals surface area (Å²) in [6.07, 6.45) is -7.35. The number of aromatic nitrogens is 3. The molecule has 1 aliphatic heterocycles. The summed E-state index contributed by atoms with van der Waals surface area (Å²) in [6, 6.07) is 12.8. The van der Waals surface area contributed by atoms with Gasteiger partial charge in [-0.25, -0.2) is 9.48 Å². The van der Waals surface area contributed by atoms with E-state index < -0.39 is 43.2 Å². The Kier molecular flexibility index (Phi) is 7.71. The van der Waals surface area contributed by atoms with Gasteiger partial charge in [-0.1, -0.05) is 42.5 Å². The molecule has 1 saturated heterocycles. The molecule has 5 atom stereocenters. The minimum Gasteiger partial charge on any atom is -0.452 e. The average Bonchev–Trinajstić information content (AvgIpc) is 3.29. The third-order valence-corrected chi connectivity index (χ3v) is 5.95. The minimum atomic E-state index is -2.76. The van der Waals surface area contributed by atoms with Gasteiger partial charge < -0.3 is 39.4 Å². The van der Waals surface area contributed by atoms with E-state index in [1.54, 1.807) is 23.7 Å².